The predicted octanol–water partition coefficient (Wildman–Crippen LogP) is 2.71. The Bertz CT molecular complexity index is 375. The van der Waals surface area contributed by atoms with E-state index >= 15 is 0 Å². The minimum Gasteiger partial charge on any atom is -0.310 e. The first-order chi connectivity index (χ1) is 8.09. The smallest absolute Gasteiger partial charge is 0.0641 e. The van der Waals surface area contributed by atoms with Gasteiger partial charge in [-0.3, -0.25) is 4.68 Å². The van der Waals surface area contributed by atoms with E-state index in [4.69, 9.17) is 0 Å². The Morgan fingerprint density at radius 2 is 2.00 bits per heavy atom. The highest BCUT2D eigenvalue weighted by Crippen LogP contribution is 2.27. The molecule has 1 N–H and O–H groups in total. The van der Waals surface area contributed by atoms with Crippen molar-refractivity contribution in [1.29, 1.82) is 0 Å². The largest absolute Gasteiger partial charge is 0.310 e. The molecule has 1 unspecified atom stereocenters. The lowest BCUT2D eigenvalue weighted by molar-refractivity contribution is 0.380. The van der Waals surface area contributed by atoms with Crippen molar-refractivity contribution in [1.82, 2.24) is 15.1 Å². The molecule has 0 aromatic carbocycles. The van der Waals surface area contributed by atoms with E-state index in [0.29, 0.717) is 6.04 Å². The molecule has 0 spiro atoms. The SMILES string of the molecule is Cc1nn(C)c(C)c1CNC(C)C1CCCC1. The highest BCUT2D eigenvalue weighted by atomic mass is 15.3. The second-order valence-electron chi connectivity index (χ2n) is 5.49. The van der Waals surface area contributed by atoms with E-state index in [-0.39, 0.29) is 0 Å². The van der Waals surface area contributed by atoms with Crippen LogP contribution in [0.2, 0.25) is 0 Å². The van der Waals surface area contributed by atoms with Crippen molar-refractivity contribution < 1.29 is 0 Å². The molecule has 3 nitrogen and oxygen atoms in total. The van der Waals surface area contributed by atoms with Gasteiger partial charge in [-0.25, -0.2) is 0 Å². The lowest BCUT2D eigenvalue weighted by Crippen LogP contribution is -2.32. The summed E-state index contributed by atoms with van der Waals surface area (Å²) in [5.41, 5.74) is 3.82. The average Bonchev–Trinajstić information content (AvgIpc) is 2.88. The molecule has 0 radical (unpaired) electrons. The molecule has 2 rings (SSSR count). The summed E-state index contributed by atoms with van der Waals surface area (Å²) in [4.78, 5) is 0. The maximum Gasteiger partial charge on any atom is 0.0641 e. The average molecular weight is 235 g/mol. The maximum absolute atomic E-state index is 4.46. The van der Waals surface area contributed by atoms with E-state index in [2.05, 4.69) is 31.2 Å². The predicted molar refractivity (Wildman–Crippen MR) is 70.9 cm³/mol. The molecule has 1 atom stereocenters. The van der Waals surface area contributed by atoms with Crippen molar-refractivity contribution in [2.75, 3.05) is 0 Å². The van der Waals surface area contributed by atoms with Gasteiger partial charge in [-0.15, -0.1) is 0 Å². The number of rotatable bonds is 4. The molecule has 0 amide bonds. The van der Waals surface area contributed by atoms with Crippen molar-refractivity contribution in [3.63, 3.8) is 0 Å². The third kappa shape index (κ3) is 2.71. The van der Waals surface area contributed by atoms with Gasteiger partial charge in [0.25, 0.3) is 0 Å². The Balaban J connectivity index is 1.92. The van der Waals surface area contributed by atoms with Gasteiger partial charge in [-0.2, -0.15) is 5.10 Å². The molecule has 1 saturated carbocycles. The van der Waals surface area contributed by atoms with Crippen molar-refractivity contribution in [3.05, 3.63) is 17.0 Å². The first kappa shape index (κ1) is 12.6. The van der Waals surface area contributed by atoms with Crippen molar-refractivity contribution in [2.24, 2.45) is 13.0 Å². The van der Waals surface area contributed by atoms with Crippen LogP contribution >= 0.6 is 0 Å². The molecular formula is C14H25N3. The minimum absolute atomic E-state index is 0.636. The molecule has 1 aliphatic carbocycles. The molecule has 1 aliphatic rings. The fourth-order valence-corrected chi connectivity index (χ4v) is 2.96. The van der Waals surface area contributed by atoms with E-state index in [0.717, 1.165) is 18.2 Å². The number of hydrogen-bond donors (Lipinski definition) is 1. The fourth-order valence-electron chi connectivity index (χ4n) is 2.96. The van der Waals surface area contributed by atoms with Gasteiger partial charge in [0.2, 0.25) is 0 Å². The summed E-state index contributed by atoms with van der Waals surface area (Å²) in [5.74, 6) is 0.882. The quantitative estimate of drug-likeness (QED) is 0.869. The van der Waals surface area contributed by atoms with Gasteiger partial charge in [0.05, 0.1) is 5.69 Å². The first-order valence-corrected chi connectivity index (χ1v) is 6.82. The summed E-state index contributed by atoms with van der Waals surface area (Å²) in [5, 5.41) is 8.15. The molecule has 0 aliphatic heterocycles. The van der Waals surface area contributed by atoms with Crippen LogP contribution in [-0.2, 0) is 13.6 Å². The number of nitrogens with one attached hydrogen (secondary N) is 1. The summed E-state index contributed by atoms with van der Waals surface area (Å²) < 4.78 is 1.98. The zero-order valence-electron chi connectivity index (χ0n) is 11.6. The van der Waals surface area contributed by atoms with Gasteiger partial charge < -0.3 is 5.32 Å². The van der Waals surface area contributed by atoms with Gasteiger partial charge in [-0.05, 0) is 39.5 Å². The van der Waals surface area contributed by atoms with Crippen LogP contribution in [0.15, 0.2) is 0 Å². The van der Waals surface area contributed by atoms with Gasteiger partial charge in [0.15, 0.2) is 0 Å². The minimum atomic E-state index is 0.636. The normalized spacial score (nSPS) is 18.8. The van der Waals surface area contributed by atoms with E-state index in [1.165, 1.54) is 36.9 Å². The zero-order chi connectivity index (χ0) is 12.4. The van der Waals surface area contributed by atoms with Crippen LogP contribution in [-0.4, -0.2) is 15.8 Å². The van der Waals surface area contributed by atoms with Gasteiger partial charge >= 0.3 is 0 Å². The molecule has 1 fully saturated rings. The number of aryl methyl sites for hydroxylation is 2. The molecular weight excluding hydrogens is 210 g/mol. The van der Waals surface area contributed by atoms with E-state index in [1.807, 2.05) is 11.7 Å². The Kier molecular flexibility index (Phi) is 3.87. The molecule has 96 valence electrons. The van der Waals surface area contributed by atoms with E-state index in [1.54, 1.807) is 0 Å². The van der Waals surface area contributed by atoms with E-state index < -0.39 is 0 Å². The number of nitrogens with zero attached hydrogens (tertiary/aromatic N) is 2. The summed E-state index contributed by atoms with van der Waals surface area (Å²) in [6.07, 6.45) is 5.64. The molecule has 3 heteroatoms. The van der Waals surface area contributed by atoms with Gasteiger partial charge in [0, 0.05) is 30.9 Å². The van der Waals surface area contributed by atoms with Crippen LogP contribution in [0.25, 0.3) is 0 Å². The lowest BCUT2D eigenvalue weighted by atomic mass is 9.99. The highest BCUT2D eigenvalue weighted by Gasteiger charge is 2.21. The molecule has 1 aromatic rings. The zero-order valence-corrected chi connectivity index (χ0v) is 11.6. The Labute approximate surface area is 105 Å². The summed E-state index contributed by atoms with van der Waals surface area (Å²) in [6.45, 7) is 7.54. The van der Waals surface area contributed by atoms with Crippen molar-refractivity contribution in [2.45, 2.75) is 59.0 Å². The first-order valence-electron chi connectivity index (χ1n) is 6.82. The van der Waals surface area contributed by atoms with Crippen LogP contribution in [0.5, 0.6) is 0 Å². The van der Waals surface area contributed by atoms with Crippen LogP contribution < -0.4 is 5.32 Å². The summed E-state index contributed by atoms with van der Waals surface area (Å²) >= 11 is 0. The Morgan fingerprint density at radius 3 is 2.53 bits per heavy atom. The lowest BCUT2D eigenvalue weighted by Gasteiger charge is -2.20. The fraction of sp³-hybridized carbons (Fsp3) is 0.786. The van der Waals surface area contributed by atoms with Gasteiger partial charge in [0.1, 0.15) is 0 Å². The molecule has 17 heavy (non-hydrogen) atoms. The monoisotopic (exact) mass is 235 g/mol. The van der Waals surface area contributed by atoms with Gasteiger partial charge in [-0.1, -0.05) is 12.8 Å². The Hall–Kier alpha value is -0.830. The van der Waals surface area contributed by atoms with Crippen LogP contribution in [0.3, 0.4) is 0 Å². The summed E-state index contributed by atoms with van der Waals surface area (Å²) in [6, 6.07) is 0.636. The standard InChI is InChI=1S/C14H25N3/c1-10(13-7-5-6-8-13)15-9-14-11(2)16-17(4)12(14)3/h10,13,15H,5-9H2,1-4H3. The van der Waals surface area contributed by atoms with E-state index in [9.17, 15) is 0 Å². The molecule has 0 bridgehead atoms. The molecule has 0 saturated heterocycles. The third-order valence-corrected chi connectivity index (χ3v) is 4.37. The third-order valence-electron chi connectivity index (χ3n) is 4.37. The second-order valence-corrected chi connectivity index (χ2v) is 5.49. The topological polar surface area (TPSA) is 29.9 Å². The van der Waals surface area contributed by atoms with Crippen LogP contribution in [0.4, 0.5) is 0 Å². The maximum atomic E-state index is 4.46. The summed E-state index contributed by atoms with van der Waals surface area (Å²) in [7, 11) is 2.02. The number of hydrogen-bond acceptors (Lipinski definition) is 2. The highest BCUT2D eigenvalue weighted by molar-refractivity contribution is 5.24. The Morgan fingerprint density at radius 1 is 1.35 bits per heavy atom. The molecule has 1 heterocycles. The number of aromatic nitrogens is 2. The second kappa shape index (κ2) is 5.21. The van der Waals surface area contributed by atoms with Crippen LogP contribution in [0, 0.1) is 19.8 Å². The van der Waals surface area contributed by atoms with Crippen molar-refractivity contribution in [3.8, 4) is 0 Å². The van der Waals surface area contributed by atoms with Crippen LogP contribution in [0.1, 0.15) is 49.6 Å². The molecule has 1 aromatic heterocycles. The van der Waals surface area contributed by atoms with Crippen molar-refractivity contribution >= 4 is 0 Å².